The average Bonchev–Trinajstić information content (AvgIpc) is 2.43. The molecule has 0 saturated heterocycles. The molecule has 0 aliphatic rings. The van der Waals surface area contributed by atoms with Gasteiger partial charge in [0.15, 0.2) is 0 Å². The Labute approximate surface area is 115 Å². The number of aryl methyl sites for hydroxylation is 1. The molecule has 0 aliphatic heterocycles. The molecule has 0 atom stereocenters. The Hall–Kier alpha value is -2.43. The number of carbonyl (C=O) groups excluding carboxylic acids is 1. The van der Waals surface area contributed by atoms with Gasteiger partial charge in [-0.15, -0.1) is 0 Å². The van der Waals surface area contributed by atoms with Gasteiger partial charge < -0.3 is 10.6 Å². The van der Waals surface area contributed by atoms with Gasteiger partial charge in [0.25, 0.3) is 0 Å². The molecule has 0 fully saturated rings. The van der Waals surface area contributed by atoms with Gasteiger partial charge in [0.2, 0.25) is 5.91 Å². The van der Waals surface area contributed by atoms with E-state index >= 15 is 0 Å². The molecule has 2 N–H and O–H groups in total. The second-order valence-electron chi connectivity index (χ2n) is 4.35. The fourth-order valence-corrected chi connectivity index (χ4v) is 1.69. The van der Waals surface area contributed by atoms with Gasteiger partial charge in [-0.25, -0.2) is 8.78 Å². The average molecular weight is 276 g/mol. The van der Waals surface area contributed by atoms with Gasteiger partial charge in [-0.2, -0.15) is 0 Å². The van der Waals surface area contributed by atoms with Crippen molar-refractivity contribution in [2.75, 3.05) is 17.2 Å². The first-order valence-corrected chi connectivity index (χ1v) is 6.10. The smallest absolute Gasteiger partial charge is 0.243 e. The third kappa shape index (κ3) is 3.54. The van der Waals surface area contributed by atoms with Crippen molar-refractivity contribution < 1.29 is 13.6 Å². The summed E-state index contributed by atoms with van der Waals surface area (Å²) in [5, 5.41) is 5.31. The molecule has 1 amide bonds. The van der Waals surface area contributed by atoms with Gasteiger partial charge in [-0.05, 0) is 42.8 Å². The third-order valence-electron chi connectivity index (χ3n) is 2.76. The normalized spacial score (nSPS) is 10.2. The van der Waals surface area contributed by atoms with Crippen LogP contribution in [0, 0.1) is 18.6 Å². The number of anilines is 2. The van der Waals surface area contributed by atoms with E-state index in [9.17, 15) is 13.6 Å². The summed E-state index contributed by atoms with van der Waals surface area (Å²) >= 11 is 0. The van der Waals surface area contributed by atoms with Gasteiger partial charge in [-0.1, -0.05) is 12.1 Å². The summed E-state index contributed by atoms with van der Waals surface area (Å²) in [5.41, 5.74) is 1.26. The lowest BCUT2D eigenvalue weighted by Crippen LogP contribution is -2.22. The van der Waals surface area contributed by atoms with Crippen molar-refractivity contribution in [3.8, 4) is 0 Å². The minimum atomic E-state index is -0.488. The van der Waals surface area contributed by atoms with Crippen LogP contribution in [0.25, 0.3) is 0 Å². The molecule has 2 aromatic rings. The van der Waals surface area contributed by atoms with Gasteiger partial charge in [0.1, 0.15) is 11.6 Å². The van der Waals surface area contributed by atoms with Crippen molar-refractivity contribution in [2.45, 2.75) is 6.92 Å². The zero-order valence-corrected chi connectivity index (χ0v) is 10.9. The molecule has 0 heterocycles. The molecule has 0 spiro atoms. The van der Waals surface area contributed by atoms with Crippen molar-refractivity contribution in [1.29, 1.82) is 0 Å². The monoisotopic (exact) mass is 276 g/mol. The van der Waals surface area contributed by atoms with Crippen LogP contribution in [0.15, 0.2) is 42.5 Å². The number of para-hydroxylation sites is 1. The lowest BCUT2D eigenvalue weighted by molar-refractivity contribution is -0.114. The van der Waals surface area contributed by atoms with E-state index in [1.807, 2.05) is 0 Å². The van der Waals surface area contributed by atoms with E-state index < -0.39 is 5.82 Å². The summed E-state index contributed by atoms with van der Waals surface area (Å²) in [6, 6.07) is 10.4. The number of hydrogen-bond donors (Lipinski definition) is 2. The Bertz CT molecular complexity index is 629. The predicted molar refractivity (Wildman–Crippen MR) is 74.7 cm³/mol. The van der Waals surface area contributed by atoms with Crippen LogP contribution in [0.3, 0.4) is 0 Å². The number of amides is 1. The topological polar surface area (TPSA) is 41.1 Å². The van der Waals surface area contributed by atoms with E-state index in [2.05, 4.69) is 10.6 Å². The van der Waals surface area contributed by atoms with E-state index in [4.69, 9.17) is 0 Å². The molecule has 0 radical (unpaired) electrons. The number of rotatable bonds is 4. The van der Waals surface area contributed by atoms with Gasteiger partial charge in [0.05, 0.1) is 12.2 Å². The molecular weight excluding hydrogens is 262 g/mol. The second-order valence-corrected chi connectivity index (χ2v) is 4.35. The van der Waals surface area contributed by atoms with E-state index in [1.54, 1.807) is 31.2 Å². The molecule has 0 bridgehead atoms. The van der Waals surface area contributed by atoms with Gasteiger partial charge in [-0.3, -0.25) is 4.79 Å². The first-order chi connectivity index (χ1) is 9.56. The van der Waals surface area contributed by atoms with Crippen LogP contribution >= 0.6 is 0 Å². The lowest BCUT2D eigenvalue weighted by Gasteiger charge is -2.09. The number of benzene rings is 2. The lowest BCUT2D eigenvalue weighted by atomic mass is 10.2. The Morgan fingerprint density at radius 1 is 1.10 bits per heavy atom. The summed E-state index contributed by atoms with van der Waals surface area (Å²) in [4.78, 5) is 11.7. The highest BCUT2D eigenvalue weighted by atomic mass is 19.1. The van der Waals surface area contributed by atoms with E-state index in [-0.39, 0.29) is 24.0 Å². The highest BCUT2D eigenvalue weighted by molar-refractivity contribution is 5.93. The summed E-state index contributed by atoms with van der Waals surface area (Å²) in [7, 11) is 0. The molecule has 0 unspecified atom stereocenters. The first-order valence-electron chi connectivity index (χ1n) is 6.10. The summed E-state index contributed by atoms with van der Waals surface area (Å²) in [6.45, 7) is 1.61. The fourth-order valence-electron chi connectivity index (χ4n) is 1.69. The minimum Gasteiger partial charge on any atom is -0.376 e. The molecule has 0 aromatic heterocycles. The Morgan fingerprint density at radius 2 is 1.85 bits per heavy atom. The molecule has 104 valence electrons. The zero-order chi connectivity index (χ0) is 14.5. The minimum absolute atomic E-state index is 0.0284. The van der Waals surface area contributed by atoms with E-state index in [0.29, 0.717) is 11.3 Å². The number of nitrogens with one attached hydrogen (secondary N) is 2. The maximum atomic E-state index is 13.3. The maximum Gasteiger partial charge on any atom is 0.243 e. The van der Waals surface area contributed by atoms with Crippen LogP contribution in [0.1, 0.15) is 5.56 Å². The summed E-state index contributed by atoms with van der Waals surface area (Å²) in [6.07, 6.45) is 0. The fraction of sp³-hybridized carbons (Fsp3) is 0.133. The Kier molecular flexibility index (Phi) is 4.30. The van der Waals surface area contributed by atoms with Crippen molar-refractivity contribution in [3.05, 3.63) is 59.7 Å². The highest BCUT2D eigenvalue weighted by Gasteiger charge is 2.06. The second kappa shape index (κ2) is 6.14. The van der Waals surface area contributed by atoms with Crippen LogP contribution < -0.4 is 10.6 Å². The standard InChI is InChI=1S/C15H14F2N2O/c1-10-8-11(6-7-12(10)16)18-9-15(20)19-14-5-3-2-4-13(14)17/h2-8,18H,9H2,1H3,(H,19,20). The molecular formula is C15H14F2N2O. The van der Waals surface area contributed by atoms with Crippen molar-refractivity contribution in [2.24, 2.45) is 0 Å². The van der Waals surface area contributed by atoms with Crippen molar-refractivity contribution in [1.82, 2.24) is 0 Å². The molecule has 20 heavy (non-hydrogen) atoms. The summed E-state index contributed by atoms with van der Waals surface area (Å²) in [5.74, 6) is -1.16. The molecule has 0 aliphatic carbocycles. The van der Waals surface area contributed by atoms with Crippen LogP contribution in [-0.2, 0) is 4.79 Å². The maximum absolute atomic E-state index is 13.3. The van der Waals surface area contributed by atoms with Crippen LogP contribution in [0.2, 0.25) is 0 Å². The van der Waals surface area contributed by atoms with Crippen LogP contribution in [0.5, 0.6) is 0 Å². The van der Waals surface area contributed by atoms with E-state index in [0.717, 1.165) is 0 Å². The van der Waals surface area contributed by atoms with E-state index in [1.165, 1.54) is 18.2 Å². The molecule has 3 nitrogen and oxygen atoms in total. The van der Waals surface area contributed by atoms with Crippen LogP contribution in [-0.4, -0.2) is 12.5 Å². The molecule has 5 heteroatoms. The number of carbonyl (C=O) groups is 1. The van der Waals surface area contributed by atoms with Crippen molar-refractivity contribution >= 4 is 17.3 Å². The van der Waals surface area contributed by atoms with Crippen LogP contribution in [0.4, 0.5) is 20.2 Å². The predicted octanol–water partition coefficient (Wildman–Crippen LogP) is 3.32. The largest absolute Gasteiger partial charge is 0.376 e. The molecule has 0 saturated carbocycles. The molecule has 2 aromatic carbocycles. The first kappa shape index (κ1) is 14.0. The highest BCUT2D eigenvalue weighted by Crippen LogP contribution is 2.14. The van der Waals surface area contributed by atoms with Crippen molar-refractivity contribution in [3.63, 3.8) is 0 Å². The third-order valence-corrected chi connectivity index (χ3v) is 2.76. The number of hydrogen-bond acceptors (Lipinski definition) is 2. The quantitative estimate of drug-likeness (QED) is 0.899. The van der Waals surface area contributed by atoms with Gasteiger partial charge in [0, 0.05) is 5.69 Å². The molecule has 2 rings (SSSR count). The SMILES string of the molecule is Cc1cc(NCC(=O)Nc2ccccc2F)ccc1F. The number of halogens is 2. The van der Waals surface area contributed by atoms with Gasteiger partial charge >= 0.3 is 0 Å². The Morgan fingerprint density at radius 3 is 2.55 bits per heavy atom. The zero-order valence-electron chi connectivity index (χ0n) is 10.9. The Balaban J connectivity index is 1.92. The summed E-state index contributed by atoms with van der Waals surface area (Å²) < 4.78 is 26.4.